The highest BCUT2D eigenvalue weighted by Crippen LogP contribution is 2.15. The minimum absolute atomic E-state index is 0.194. The van der Waals surface area contributed by atoms with Crippen molar-refractivity contribution in [2.45, 2.75) is 13.5 Å². The molecule has 1 heterocycles. The molecule has 1 aromatic carbocycles. The van der Waals surface area contributed by atoms with E-state index in [9.17, 15) is 4.39 Å². The minimum atomic E-state index is -0.345. The average Bonchev–Trinajstić information content (AvgIpc) is 2.73. The van der Waals surface area contributed by atoms with Gasteiger partial charge in [0.15, 0.2) is 12.0 Å². The van der Waals surface area contributed by atoms with Crippen LogP contribution >= 0.6 is 0 Å². The van der Waals surface area contributed by atoms with Gasteiger partial charge in [-0.3, -0.25) is 4.90 Å². The van der Waals surface area contributed by atoms with Crippen molar-refractivity contribution in [3.05, 3.63) is 41.8 Å². The van der Waals surface area contributed by atoms with E-state index in [1.165, 1.54) is 29.2 Å². The largest absolute Gasteiger partial charge is 0.340 e. The van der Waals surface area contributed by atoms with Crippen molar-refractivity contribution in [3.63, 3.8) is 0 Å². The Balaban J connectivity index is 2.17. The maximum Gasteiger partial charge on any atom is 0.223 e. The summed E-state index contributed by atoms with van der Waals surface area (Å²) >= 11 is 0. The summed E-state index contributed by atoms with van der Waals surface area (Å²) < 4.78 is 17.6. The molecule has 0 amide bonds. The van der Waals surface area contributed by atoms with E-state index in [1.807, 2.05) is 6.19 Å². The van der Waals surface area contributed by atoms with Gasteiger partial charge in [0.25, 0.3) is 0 Å². The first-order valence-corrected chi connectivity index (χ1v) is 4.91. The van der Waals surface area contributed by atoms with Gasteiger partial charge < -0.3 is 4.52 Å². The third-order valence-corrected chi connectivity index (χ3v) is 2.13. The lowest BCUT2D eigenvalue weighted by Gasteiger charge is -2.12. The molecule has 0 saturated heterocycles. The fourth-order valence-electron chi connectivity index (χ4n) is 1.35. The molecule has 6 heteroatoms. The fraction of sp³-hybridized carbons (Fsp3) is 0.182. The van der Waals surface area contributed by atoms with Crippen molar-refractivity contribution in [1.82, 2.24) is 10.1 Å². The lowest BCUT2D eigenvalue weighted by atomic mass is 10.3. The molecule has 0 atom stereocenters. The summed E-state index contributed by atoms with van der Waals surface area (Å²) in [6.07, 6.45) is 1.98. The molecule has 2 aromatic rings. The number of halogens is 1. The highest BCUT2D eigenvalue weighted by molar-refractivity contribution is 5.49. The van der Waals surface area contributed by atoms with Gasteiger partial charge in [0, 0.05) is 6.92 Å². The fourth-order valence-corrected chi connectivity index (χ4v) is 1.35. The van der Waals surface area contributed by atoms with Crippen LogP contribution < -0.4 is 4.90 Å². The summed E-state index contributed by atoms with van der Waals surface area (Å²) in [4.78, 5) is 5.35. The molecule has 0 bridgehead atoms. The lowest BCUT2D eigenvalue weighted by molar-refractivity contribution is 0.387. The Hall–Kier alpha value is -2.42. The number of anilines is 1. The first kappa shape index (κ1) is 11.1. The molecule has 0 N–H and O–H groups in total. The molecule has 0 aliphatic carbocycles. The van der Waals surface area contributed by atoms with Gasteiger partial charge >= 0.3 is 0 Å². The topological polar surface area (TPSA) is 66.0 Å². The standard InChI is InChI=1S/C11H9FN4O/c1-8-14-11(15-17-8)6-16(7-13)10-4-2-9(12)3-5-10/h2-5H,6H2,1H3. The summed E-state index contributed by atoms with van der Waals surface area (Å²) in [6, 6.07) is 5.62. The molecule has 0 unspecified atom stereocenters. The highest BCUT2D eigenvalue weighted by Gasteiger charge is 2.10. The zero-order valence-corrected chi connectivity index (χ0v) is 9.09. The molecular formula is C11H9FN4O. The molecule has 0 aliphatic rings. The van der Waals surface area contributed by atoms with Gasteiger partial charge in [-0.15, -0.1) is 0 Å². The zero-order valence-electron chi connectivity index (χ0n) is 9.09. The van der Waals surface area contributed by atoms with Gasteiger partial charge in [-0.1, -0.05) is 5.16 Å². The molecule has 0 radical (unpaired) electrons. The zero-order chi connectivity index (χ0) is 12.3. The molecule has 2 rings (SSSR count). The second-order valence-electron chi connectivity index (χ2n) is 3.39. The van der Waals surface area contributed by atoms with E-state index in [2.05, 4.69) is 10.1 Å². The molecule has 17 heavy (non-hydrogen) atoms. The van der Waals surface area contributed by atoms with Crippen molar-refractivity contribution in [2.75, 3.05) is 4.90 Å². The van der Waals surface area contributed by atoms with Crippen LogP contribution in [-0.4, -0.2) is 10.1 Å². The van der Waals surface area contributed by atoms with Gasteiger partial charge in [-0.2, -0.15) is 10.2 Å². The van der Waals surface area contributed by atoms with Crippen molar-refractivity contribution >= 4 is 5.69 Å². The Kier molecular flexibility index (Phi) is 3.01. The smallest absolute Gasteiger partial charge is 0.223 e. The maximum atomic E-state index is 12.7. The molecule has 5 nitrogen and oxygen atoms in total. The molecular weight excluding hydrogens is 223 g/mol. The molecule has 86 valence electrons. The van der Waals surface area contributed by atoms with E-state index in [4.69, 9.17) is 9.78 Å². The number of hydrogen-bond donors (Lipinski definition) is 0. The quantitative estimate of drug-likeness (QED) is 0.598. The van der Waals surface area contributed by atoms with Crippen LogP contribution in [0.3, 0.4) is 0 Å². The average molecular weight is 232 g/mol. The molecule has 0 aliphatic heterocycles. The first-order chi connectivity index (χ1) is 8.19. The summed E-state index contributed by atoms with van der Waals surface area (Å²) in [6.45, 7) is 1.87. The van der Waals surface area contributed by atoms with Crippen molar-refractivity contribution < 1.29 is 8.91 Å². The Morgan fingerprint density at radius 2 is 2.12 bits per heavy atom. The number of nitriles is 1. The van der Waals surface area contributed by atoms with Crippen molar-refractivity contribution in [2.24, 2.45) is 0 Å². The van der Waals surface area contributed by atoms with Crippen LogP contribution in [-0.2, 0) is 6.54 Å². The SMILES string of the molecule is Cc1nc(CN(C#N)c2ccc(F)cc2)no1. The molecule has 0 spiro atoms. The Bertz CT molecular complexity index is 543. The van der Waals surface area contributed by atoms with Crippen LogP contribution in [0.4, 0.5) is 10.1 Å². The Labute approximate surface area is 97.1 Å². The van der Waals surface area contributed by atoms with Crippen LogP contribution in [0.1, 0.15) is 11.7 Å². The van der Waals surface area contributed by atoms with E-state index < -0.39 is 0 Å². The molecule has 0 saturated carbocycles. The van der Waals surface area contributed by atoms with Crippen LogP contribution in [0, 0.1) is 24.2 Å². The van der Waals surface area contributed by atoms with Crippen LogP contribution in [0.5, 0.6) is 0 Å². The predicted octanol–water partition coefficient (Wildman–Crippen LogP) is 2.00. The first-order valence-electron chi connectivity index (χ1n) is 4.91. The van der Waals surface area contributed by atoms with Crippen molar-refractivity contribution in [3.8, 4) is 6.19 Å². The molecule has 1 aromatic heterocycles. The lowest BCUT2D eigenvalue weighted by Crippen LogP contribution is -2.16. The molecule has 0 fully saturated rings. The van der Waals surface area contributed by atoms with Crippen LogP contribution in [0.2, 0.25) is 0 Å². The highest BCUT2D eigenvalue weighted by atomic mass is 19.1. The summed E-state index contributed by atoms with van der Waals surface area (Å²) in [7, 11) is 0. The van der Waals surface area contributed by atoms with Crippen LogP contribution in [0.25, 0.3) is 0 Å². The number of hydrogen-bond acceptors (Lipinski definition) is 5. The number of aromatic nitrogens is 2. The monoisotopic (exact) mass is 232 g/mol. The number of rotatable bonds is 3. The second-order valence-corrected chi connectivity index (χ2v) is 3.39. The summed E-state index contributed by atoms with van der Waals surface area (Å²) in [5.74, 6) is 0.507. The number of aryl methyl sites for hydroxylation is 1. The van der Waals surface area contributed by atoms with Gasteiger partial charge in [0.1, 0.15) is 5.82 Å². The summed E-state index contributed by atoms with van der Waals surface area (Å²) in [5, 5.41) is 12.7. The maximum absolute atomic E-state index is 12.7. The number of nitrogens with zero attached hydrogens (tertiary/aromatic N) is 4. The van der Waals surface area contributed by atoms with E-state index >= 15 is 0 Å². The Morgan fingerprint density at radius 3 is 2.65 bits per heavy atom. The second kappa shape index (κ2) is 4.61. The third kappa shape index (κ3) is 2.58. The number of benzene rings is 1. The summed E-state index contributed by atoms with van der Waals surface area (Å²) in [5.41, 5.74) is 0.580. The van der Waals surface area contributed by atoms with E-state index in [0.29, 0.717) is 17.4 Å². The minimum Gasteiger partial charge on any atom is -0.340 e. The van der Waals surface area contributed by atoms with Crippen molar-refractivity contribution in [1.29, 1.82) is 5.26 Å². The normalized spacial score (nSPS) is 9.94. The van der Waals surface area contributed by atoms with E-state index in [1.54, 1.807) is 6.92 Å². The van der Waals surface area contributed by atoms with Gasteiger partial charge in [0.2, 0.25) is 5.89 Å². The Morgan fingerprint density at radius 1 is 1.41 bits per heavy atom. The van der Waals surface area contributed by atoms with Gasteiger partial charge in [-0.25, -0.2) is 4.39 Å². The van der Waals surface area contributed by atoms with E-state index in [-0.39, 0.29) is 12.4 Å². The predicted molar refractivity (Wildman–Crippen MR) is 57.2 cm³/mol. The van der Waals surface area contributed by atoms with E-state index in [0.717, 1.165) is 0 Å². The third-order valence-electron chi connectivity index (χ3n) is 2.13. The van der Waals surface area contributed by atoms with Gasteiger partial charge in [-0.05, 0) is 24.3 Å². The van der Waals surface area contributed by atoms with Gasteiger partial charge in [0.05, 0.1) is 12.2 Å². The van der Waals surface area contributed by atoms with Crippen LogP contribution in [0.15, 0.2) is 28.8 Å².